The number of carbonyl (C=O) groups excluding carboxylic acids is 2. The fourth-order valence-corrected chi connectivity index (χ4v) is 3.32. The van der Waals surface area contributed by atoms with Crippen LogP contribution in [-0.2, 0) is 11.0 Å². The lowest BCUT2D eigenvalue weighted by atomic mass is 10.00. The van der Waals surface area contributed by atoms with Gasteiger partial charge in [-0.1, -0.05) is 18.2 Å². The molecule has 3 N–H and O–H groups in total. The van der Waals surface area contributed by atoms with E-state index in [0.29, 0.717) is 17.2 Å². The smallest absolute Gasteiger partial charge is 0.416 e. The van der Waals surface area contributed by atoms with Crippen LogP contribution in [0.4, 0.5) is 29.3 Å². The number of nitrogens with one attached hydrogen (secondary N) is 2. The van der Waals surface area contributed by atoms with Gasteiger partial charge in [-0.05, 0) is 53.9 Å². The lowest BCUT2D eigenvalue weighted by molar-refractivity contribution is -0.138. The van der Waals surface area contributed by atoms with Crippen molar-refractivity contribution in [1.29, 1.82) is 5.26 Å². The average Bonchev–Trinajstić information content (AvgIpc) is 2.79. The van der Waals surface area contributed by atoms with E-state index in [9.17, 15) is 27.6 Å². The molecule has 35 heavy (non-hydrogen) atoms. The van der Waals surface area contributed by atoms with Gasteiger partial charge in [-0.3, -0.25) is 14.9 Å². The molecule has 0 saturated heterocycles. The van der Waals surface area contributed by atoms with Crippen LogP contribution in [0.15, 0.2) is 54.7 Å². The van der Waals surface area contributed by atoms with Crippen molar-refractivity contribution in [2.45, 2.75) is 19.5 Å². The van der Waals surface area contributed by atoms with Crippen molar-refractivity contribution in [3.8, 4) is 17.2 Å². The summed E-state index contributed by atoms with van der Waals surface area (Å²) in [4.78, 5) is 40.1. The van der Waals surface area contributed by atoms with Gasteiger partial charge in [0.15, 0.2) is 5.78 Å². The van der Waals surface area contributed by atoms with E-state index < -0.39 is 41.6 Å². The van der Waals surface area contributed by atoms with E-state index in [4.69, 9.17) is 10.4 Å². The molecule has 8 nitrogen and oxygen atoms in total. The number of hydrogen-bond donors (Lipinski definition) is 3. The highest BCUT2D eigenvalue weighted by Gasteiger charge is 2.33. The number of ketones is 1. The molecule has 3 rings (SSSR count). The van der Waals surface area contributed by atoms with Crippen LogP contribution in [0.3, 0.4) is 0 Å². The second kappa shape index (κ2) is 10.0. The van der Waals surface area contributed by atoms with Gasteiger partial charge in [0.2, 0.25) is 5.91 Å². The summed E-state index contributed by atoms with van der Waals surface area (Å²) in [6.45, 7) is 1.15. The lowest BCUT2D eigenvalue weighted by Gasteiger charge is -2.17. The fourth-order valence-electron chi connectivity index (χ4n) is 3.32. The number of nitrogens with zero attached hydrogens (tertiary/aromatic N) is 2. The molecule has 0 aliphatic carbocycles. The Hall–Kier alpha value is -4.72. The molecule has 1 heterocycles. The number of halogens is 3. The maximum absolute atomic E-state index is 13.3. The number of amides is 2. The maximum Gasteiger partial charge on any atom is 0.416 e. The molecular weight excluding hydrogens is 465 g/mol. The zero-order valence-corrected chi connectivity index (χ0v) is 18.1. The van der Waals surface area contributed by atoms with Crippen LogP contribution in [0.1, 0.15) is 33.6 Å². The van der Waals surface area contributed by atoms with Gasteiger partial charge in [0, 0.05) is 11.8 Å². The number of carboxylic acid groups (broad SMARTS) is 1. The highest BCUT2D eigenvalue weighted by atomic mass is 19.4. The summed E-state index contributed by atoms with van der Waals surface area (Å²) in [5.74, 6) is -1.55. The Morgan fingerprint density at radius 2 is 1.71 bits per heavy atom. The van der Waals surface area contributed by atoms with Crippen LogP contribution >= 0.6 is 0 Å². The van der Waals surface area contributed by atoms with Crippen molar-refractivity contribution in [3.05, 3.63) is 77.1 Å². The summed E-state index contributed by atoms with van der Waals surface area (Å²) >= 11 is 0. The summed E-state index contributed by atoms with van der Waals surface area (Å²) < 4.78 is 39.9. The van der Waals surface area contributed by atoms with Crippen molar-refractivity contribution in [2.24, 2.45) is 0 Å². The van der Waals surface area contributed by atoms with Gasteiger partial charge < -0.3 is 10.4 Å². The summed E-state index contributed by atoms with van der Waals surface area (Å²) in [6, 6.07) is 12.9. The molecule has 0 aliphatic heterocycles. The Kier molecular flexibility index (Phi) is 7.15. The first-order valence-corrected chi connectivity index (χ1v) is 9.99. The van der Waals surface area contributed by atoms with Crippen molar-refractivity contribution in [2.75, 3.05) is 10.6 Å². The number of hydrogen-bond acceptors (Lipinski definition) is 5. The SMILES string of the molecule is Cc1cc(NC(=O)O)c(NC(=O)CC(=O)c2cccc(-c3ccnc(C#N)c3)c2)cc1C(F)(F)F. The highest BCUT2D eigenvalue weighted by molar-refractivity contribution is 6.12. The second-order valence-electron chi connectivity index (χ2n) is 7.41. The maximum atomic E-state index is 13.3. The van der Waals surface area contributed by atoms with E-state index in [1.807, 2.05) is 11.4 Å². The van der Waals surface area contributed by atoms with Crippen molar-refractivity contribution in [3.63, 3.8) is 0 Å². The van der Waals surface area contributed by atoms with E-state index >= 15 is 0 Å². The molecule has 2 aromatic carbocycles. The third-order valence-corrected chi connectivity index (χ3v) is 4.90. The summed E-state index contributed by atoms with van der Waals surface area (Å²) in [5.41, 5.74) is -0.442. The summed E-state index contributed by atoms with van der Waals surface area (Å²) in [5, 5.41) is 22.1. The van der Waals surface area contributed by atoms with Gasteiger partial charge in [0.25, 0.3) is 0 Å². The van der Waals surface area contributed by atoms with Gasteiger partial charge >= 0.3 is 12.3 Å². The number of carbonyl (C=O) groups is 3. The number of anilines is 2. The van der Waals surface area contributed by atoms with Gasteiger partial charge in [-0.2, -0.15) is 18.4 Å². The number of rotatable bonds is 6. The van der Waals surface area contributed by atoms with E-state index in [-0.39, 0.29) is 22.5 Å². The first-order chi connectivity index (χ1) is 16.5. The Bertz CT molecular complexity index is 1360. The minimum absolute atomic E-state index is 0.164. The number of aromatic nitrogens is 1. The monoisotopic (exact) mass is 482 g/mol. The lowest BCUT2D eigenvalue weighted by Crippen LogP contribution is -2.20. The largest absolute Gasteiger partial charge is 0.465 e. The zero-order valence-electron chi connectivity index (χ0n) is 18.1. The quantitative estimate of drug-likeness (QED) is 0.325. The molecule has 0 unspecified atom stereocenters. The average molecular weight is 482 g/mol. The van der Waals surface area contributed by atoms with E-state index in [2.05, 4.69) is 10.3 Å². The molecular formula is C24H17F3N4O4. The predicted molar refractivity (Wildman–Crippen MR) is 120 cm³/mol. The third kappa shape index (κ3) is 6.20. The van der Waals surface area contributed by atoms with Crippen LogP contribution in [-0.4, -0.2) is 27.9 Å². The Morgan fingerprint density at radius 1 is 1.03 bits per heavy atom. The fraction of sp³-hybridized carbons (Fsp3) is 0.125. The van der Waals surface area contributed by atoms with Crippen molar-refractivity contribution < 1.29 is 32.7 Å². The molecule has 0 radical (unpaired) electrons. The summed E-state index contributed by atoms with van der Waals surface area (Å²) in [7, 11) is 0. The first kappa shape index (κ1) is 24.9. The Balaban J connectivity index is 1.83. The van der Waals surface area contributed by atoms with Crippen LogP contribution in [0.5, 0.6) is 0 Å². The third-order valence-electron chi connectivity index (χ3n) is 4.90. The van der Waals surface area contributed by atoms with Crippen LogP contribution in [0.2, 0.25) is 0 Å². The normalized spacial score (nSPS) is 10.8. The highest BCUT2D eigenvalue weighted by Crippen LogP contribution is 2.37. The molecule has 0 spiro atoms. The number of alkyl halides is 3. The zero-order chi connectivity index (χ0) is 25.8. The standard InChI is InChI=1S/C24H17F3N4O4/c1-13-7-19(31-23(34)35)20(10-18(13)24(25,26)27)30-22(33)11-21(32)16-4-2-3-14(8-16)15-5-6-29-17(9-15)12-28/h2-10,31H,11H2,1H3,(H,30,33)(H,34,35). The van der Waals surface area contributed by atoms with Gasteiger partial charge in [-0.25, -0.2) is 9.78 Å². The molecule has 178 valence electrons. The number of Topliss-reactive ketones (excluding diaryl/α,β-unsaturated/α-hetero) is 1. The molecule has 0 aliphatic rings. The Morgan fingerprint density at radius 3 is 2.37 bits per heavy atom. The molecule has 0 fully saturated rings. The van der Waals surface area contributed by atoms with Crippen LogP contribution in [0.25, 0.3) is 11.1 Å². The van der Waals surface area contributed by atoms with Crippen molar-refractivity contribution in [1.82, 2.24) is 4.98 Å². The second-order valence-corrected chi connectivity index (χ2v) is 7.41. The molecule has 0 bridgehead atoms. The molecule has 11 heteroatoms. The number of pyridine rings is 1. The van der Waals surface area contributed by atoms with Crippen molar-refractivity contribution >= 4 is 29.2 Å². The molecule has 0 saturated carbocycles. The molecule has 2 amide bonds. The molecule has 3 aromatic rings. The van der Waals surface area contributed by atoms with Crippen LogP contribution in [0, 0.1) is 18.3 Å². The number of benzene rings is 2. The van der Waals surface area contributed by atoms with Gasteiger partial charge in [0.05, 0.1) is 23.4 Å². The van der Waals surface area contributed by atoms with E-state index in [1.54, 1.807) is 18.2 Å². The van der Waals surface area contributed by atoms with E-state index in [0.717, 1.165) is 13.0 Å². The topological polar surface area (TPSA) is 132 Å². The van der Waals surface area contributed by atoms with E-state index in [1.165, 1.54) is 24.4 Å². The Labute approximate surface area is 197 Å². The van der Waals surface area contributed by atoms with Gasteiger partial charge in [-0.15, -0.1) is 0 Å². The predicted octanol–water partition coefficient (Wildman–Crippen LogP) is 5.25. The molecule has 0 atom stereocenters. The minimum Gasteiger partial charge on any atom is -0.465 e. The van der Waals surface area contributed by atoms with Crippen LogP contribution < -0.4 is 10.6 Å². The number of aryl methyl sites for hydroxylation is 1. The summed E-state index contributed by atoms with van der Waals surface area (Å²) in [6.07, 6.45) is -5.54. The number of nitriles is 1. The minimum atomic E-state index is -4.74. The van der Waals surface area contributed by atoms with Gasteiger partial charge in [0.1, 0.15) is 11.8 Å². The molecule has 1 aromatic heterocycles. The first-order valence-electron chi connectivity index (χ1n) is 9.99.